The minimum atomic E-state index is -0.188. The number of benzene rings is 1. The van der Waals surface area contributed by atoms with Crippen molar-refractivity contribution in [3.63, 3.8) is 0 Å². The molecule has 0 radical (unpaired) electrons. The molecule has 1 aromatic carbocycles. The Morgan fingerprint density at radius 3 is 2.52 bits per heavy atom. The Bertz CT molecular complexity index is 1140. The maximum atomic E-state index is 13.1. The number of anilines is 1. The molecule has 33 heavy (non-hydrogen) atoms. The Kier molecular flexibility index (Phi) is 6.49. The summed E-state index contributed by atoms with van der Waals surface area (Å²) in [5.41, 5.74) is 6.30. The highest BCUT2D eigenvalue weighted by atomic mass is 16.2. The van der Waals surface area contributed by atoms with Gasteiger partial charge in [0.2, 0.25) is 5.91 Å². The molecule has 1 N–H and O–H groups in total. The Hall–Kier alpha value is -3.22. The van der Waals surface area contributed by atoms with Gasteiger partial charge in [-0.1, -0.05) is 29.8 Å². The molecule has 1 aliphatic rings. The lowest BCUT2D eigenvalue weighted by Crippen LogP contribution is -2.33. The number of amides is 1. The van der Waals surface area contributed by atoms with Crippen LogP contribution in [0.3, 0.4) is 0 Å². The number of rotatable bonds is 8. The number of carbonyl (C=O) groups is 1. The molecule has 0 spiro atoms. The third-order valence-electron chi connectivity index (χ3n) is 6.41. The van der Waals surface area contributed by atoms with Gasteiger partial charge in [0, 0.05) is 43.9 Å². The van der Waals surface area contributed by atoms with Crippen molar-refractivity contribution in [1.29, 1.82) is 0 Å². The smallest absolute Gasteiger partial charge is 0.242 e. The number of aromatic nitrogens is 4. The van der Waals surface area contributed by atoms with Gasteiger partial charge in [-0.05, 0) is 51.7 Å². The zero-order valence-corrected chi connectivity index (χ0v) is 20.5. The van der Waals surface area contributed by atoms with E-state index in [0.717, 1.165) is 58.3 Å². The molecule has 0 aliphatic heterocycles. The lowest BCUT2D eigenvalue weighted by atomic mass is 9.99. The van der Waals surface area contributed by atoms with E-state index in [2.05, 4.69) is 35.5 Å². The number of carbonyl (C=O) groups excluding carboxylic acids is 1. The van der Waals surface area contributed by atoms with Crippen LogP contribution in [0.1, 0.15) is 64.4 Å². The van der Waals surface area contributed by atoms with E-state index in [1.165, 1.54) is 0 Å². The minimum Gasteiger partial charge on any atom is -0.363 e. The SMILES string of the molecule is Cc1cccc(C(Cc2cc(N(C)C)nc(C3CC3)n2)NC(=O)Cn2nc(C)c(C)c2C)c1. The van der Waals surface area contributed by atoms with E-state index in [-0.39, 0.29) is 18.5 Å². The molecule has 7 heteroatoms. The van der Waals surface area contributed by atoms with Crippen LogP contribution in [0.25, 0.3) is 0 Å². The van der Waals surface area contributed by atoms with Gasteiger partial charge in [-0.15, -0.1) is 0 Å². The number of nitrogens with zero attached hydrogens (tertiary/aromatic N) is 5. The van der Waals surface area contributed by atoms with E-state index in [0.29, 0.717) is 12.3 Å². The van der Waals surface area contributed by atoms with E-state index in [1.807, 2.05) is 51.9 Å². The maximum absolute atomic E-state index is 13.1. The van der Waals surface area contributed by atoms with Crippen LogP contribution in [0.5, 0.6) is 0 Å². The molecule has 174 valence electrons. The average Bonchev–Trinajstić information content (AvgIpc) is 3.59. The quantitative estimate of drug-likeness (QED) is 0.567. The molecule has 1 fully saturated rings. The molecule has 3 aromatic rings. The molecule has 2 aromatic heterocycles. The molecule has 4 rings (SSSR count). The zero-order valence-electron chi connectivity index (χ0n) is 20.5. The van der Waals surface area contributed by atoms with Crippen molar-refractivity contribution in [2.75, 3.05) is 19.0 Å². The first-order valence-electron chi connectivity index (χ1n) is 11.6. The third kappa shape index (κ3) is 5.41. The fraction of sp³-hybridized carbons (Fsp3) is 0.462. The molecular weight excluding hydrogens is 412 g/mol. The first kappa shape index (κ1) is 23.0. The summed E-state index contributed by atoms with van der Waals surface area (Å²) in [4.78, 5) is 24.7. The predicted molar refractivity (Wildman–Crippen MR) is 131 cm³/mol. The van der Waals surface area contributed by atoms with Gasteiger partial charge in [0.05, 0.1) is 11.7 Å². The van der Waals surface area contributed by atoms with Crippen molar-refractivity contribution < 1.29 is 4.79 Å². The van der Waals surface area contributed by atoms with Crippen molar-refractivity contribution in [3.05, 3.63) is 69.9 Å². The van der Waals surface area contributed by atoms with Crippen molar-refractivity contribution in [2.24, 2.45) is 0 Å². The second kappa shape index (κ2) is 9.33. The van der Waals surface area contributed by atoms with Crippen LogP contribution < -0.4 is 10.2 Å². The molecular formula is C26H34N6O. The summed E-state index contributed by atoms with van der Waals surface area (Å²) in [5, 5.41) is 7.78. The highest BCUT2D eigenvalue weighted by molar-refractivity contribution is 5.76. The summed E-state index contributed by atoms with van der Waals surface area (Å²) >= 11 is 0. The first-order valence-corrected chi connectivity index (χ1v) is 11.6. The standard InChI is InChI=1S/C26H34N6O/c1-16-8-7-9-21(12-16)23(28-25(33)15-32-19(4)17(2)18(3)30-32)13-22-14-24(31(5)6)29-26(27-22)20-10-11-20/h7-9,12,14,20,23H,10-11,13,15H2,1-6H3,(H,28,33). The van der Waals surface area contributed by atoms with Gasteiger partial charge in [-0.3, -0.25) is 9.48 Å². The largest absolute Gasteiger partial charge is 0.363 e. The Morgan fingerprint density at radius 2 is 1.91 bits per heavy atom. The lowest BCUT2D eigenvalue weighted by molar-refractivity contribution is -0.122. The van der Waals surface area contributed by atoms with Crippen LogP contribution in [0.2, 0.25) is 0 Å². The molecule has 2 heterocycles. The molecule has 1 aliphatic carbocycles. The first-order chi connectivity index (χ1) is 15.7. The summed E-state index contributed by atoms with van der Waals surface area (Å²) in [6.07, 6.45) is 2.90. The van der Waals surface area contributed by atoms with E-state index in [9.17, 15) is 4.79 Å². The van der Waals surface area contributed by atoms with Gasteiger partial charge < -0.3 is 10.2 Å². The Balaban J connectivity index is 1.60. The molecule has 7 nitrogen and oxygen atoms in total. The highest BCUT2D eigenvalue weighted by Crippen LogP contribution is 2.38. The normalized spacial score (nSPS) is 14.2. The third-order valence-corrected chi connectivity index (χ3v) is 6.41. The Morgan fingerprint density at radius 1 is 1.15 bits per heavy atom. The van der Waals surface area contributed by atoms with Gasteiger partial charge in [0.25, 0.3) is 0 Å². The molecule has 1 atom stereocenters. The van der Waals surface area contributed by atoms with Crippen LogP contribution in [0, 0.1) is 27.7 Å². The van der Waals surface area contributed by atoms with E-state index in [4.69, 9.17) is 9.97 Å². The number of hydrogen-bond donors (Lipinski definition) is 1. The molecule has 0 saturated heterocycles. The van der Waals surface area contributed by atoms with Crippen LogP contribution in [0.15, 0.2) is 30.3 Å². The fourth-order valence-electron chi connectivity index (χ4n) is 4.03. The van der Waals surface area contributed by atoms with Gasteiger partial charge in [0.15, 0.2) is 0 Å². The summed E-state index contributed by atoms with van der Waals surface area (Å²) in [6.45, 7) is 8.28. The van der Waals surface area contributed by atoms with Gasteiger partial charge in [-0.25, -0.2) is 9.97 Å². The predicted octanol–water partition coefficient (Wildman–Crippen LogP) is 3.95. The van der Waals surface area contributed by atoms with Crippen molar-refractivity contribution >= 4 is 11.7 Å². The van der Waals surface area contributed by atoms with Gasteiger partial charge >= 0.3 is 0 Å². The number of hydrogen-bond acceptors (Lipinski definition) is 5. The van der Waals surface area contributed by atoms with Crippen LogP contribution >= 0.6 is 0 Å². The summed E-state index contributed by atoms with van der Waals surface area (Å²) in [5.74, 6) is 2.24. The van der Waals surface area contributed by atoms with Crippen molar-refractivity contribution in [1.82, 2.24) is 25.1 Å². The average molecular weight is 447 g/mol. The van der Waals surface area contributed by atoms with Crippen LogP contribution in [0.4, 0.5) is 5.82 Å². The summed E-state index contributed by atoms with van der Waals surface area (Å²) in [6, 6.07) is 10.2. The maximum Gasteiger partial charge on any atom is 0.242 e. The van der Waals surface area contributed by atoms with Crippen molar-refractivity contribution in [3.8, 4) is 0 Å². The molecule has 1 unspecified atom stereocenters. The van der Waals surface area contributed by atoms with Gasteiger partial charge in [-0.2, -0.15) is 5.10 Å². The van der Waals surface area contributed by atoms with Crippen LogP contribution in [-0.2, 0) is 17.8 Å². The van der Waals surface area contributed by atoms with Gasteiger partial charge in [0.1, 0.15) is 18.2 Å². The second-order valence-corrected chi connectivity index (χ2v) is 9.44. The summed E-state index contributed by atoms with van der Waals surface area (Å²) in [7, 11) is 4.00. The number of nitrogens with one attached hydrogen (secondary N) is 1. The van der Waals surface area contributed by atoms with Crippen LogP contribution in [-0.4, -0.2) is 39.8 Å². The monoisotopic (exact) mass is 446 g/mol. The summed E-state index contributed by atoms with van der Waals surface area (Å²) < 4.78 is 1.79. The highest BCUT2D eigenvalue weighted by Gasteiger charge is 2.28. The molecule has 1 saturated carbocycles. The van der Waals surface area contributed by atoms with E-state index in [1.54, 1.807) is 4.68 Å². The zero-order chi connectivity index (χ0) is 23.7. The Labute approximate surface area is 196 Å². The lowest BCUT2D eigenvalue weighted by Gasteiger charge is -2.21. The number of aryl methyl sites for hydroxylation is 2. The van der Waals surface area contributed by atoms with Crippen molar-refractivity contribution in [2.45, 2.75) is 65.5 Å². The van der Waals surface area contributed by atoms with E-state index >= 15 is 0 Å². The second-order valence-electron chi connectivity index (χ2n) is 9.44. The molecule has 1 amide bonds. The topological polar surface area (TPSA) is 75.9 Å². The molecule has 0 bridgehead atoms. The van der Waals surface area contributed by atoms with E-state index < -0.39 is 0 Å². The fourth-order valence-corrected chi connectivity index (χ4v) is 4.03. The minimum absolute atomic E-state index is 0.0589.